The van der Waals surface area contributed by atoms with E-state index in [9.17, 15) is 0 Å². The lowest BCUT2D eigenvalue weighted by molar-refractivity contribution is 1.74. The minimum atomic E-state index is -0.446. The molecular formula is C78H67P5. The Labute approximate surface area is 500 Å². The van der Waals surface area contributed by atoms with Crippen LogP contribution in [0.25, 0.3) is 0 Å². The van der Waals surface area contributed by atoms with Crippen LogP contribution >= 0.6 is 40.9 Å². The molecule has 0 bridgehead atoms. The minimum absolute atomic E-state index is 0.446. The number of hydrogen-bond acceptors (Lipinski definition) is 0. The van der Waals surface area contributed by atoms with Crippen LogP contribution in [-0.2, 0) is 0 Å². The van der Waals surface area contributed by atoms with Gasteiger partial charge in [0.05, 0.1) is 0 Å². The van der Waals surface area contributed by atoms with Gasteiger partial charge in [-0.3, -0.25) is 0 Å². The summed E-state index contributed by atoms with van der Waals surface area (Å²) in [4.78, 5) is 0. The van der Waals surface area contributed by atoms with Crippen molar-refractivity contribution in [2.75, 3.05) is 0 Å². The fraction of sp³-hybridized carbons (Fsp3) is 0. The molecule has 0 aromatic heterocycles. The Bertz CT molecular complexity index is 2900. The van der Waals surface area contributed by atoms with E-state index in [0.717, 1.165) is 0 Å². The Balaban J connectivity index is 0.000000128. The third kappa shape index (κ3) is 18.5. The zero-order valence-corrected chi connectivity index (χ0v) is 51.1. The molecule has 0 aliphatic rings. The van der Waals surface area contributed by atoms with E-state index in [1.165, 1.54) is 69.0 Å². The number of hydrogen-bond donors (Lipinski definition) is 0. The summed E-state index contributed by atoms with van der Waals surface area (Å²) in [5.41, 5.74) is 0. The topological polar surface area (TPSA) is 0 Å². The van der Waals surface area contributed by atoms with Gasteiger partial charge in [-0.2, -0.15) is 0 Å². The van der Waals surface area contributed by atoms with Crippen molar-refractivity contribution in [2.24, 2.45) is 0 Å². The summed E-state index contributed by atoms with van der Waals surface area (Å²) in [6.45, 7) is 0. The summed E-state index contributed by atoms with van der Waals surface area (Å²) in [6, 6.07) is 139. The highest BCUT2D eigenvalue weighted by atomic mass is 31.1. The molecule has 0 nitrogen and oxygen atoms in total. The number of rotatable bonds is 12. The second-order valence-electron chi connectivity index (χ2n) is 18.8. The summed E-state index contributed by atoms with van der Waals surface area (Å²) in [7, 11) is 0.845. The lowest BCUT2D eigenvalue weighted by Gasteiger charge is -2.18. The molecule has 0 aliphatic heterocycles. The van der Waals surface area contributed by atoms with E-state index in [4.69, 9.17) is 0 Å². The van der Waals surface area contributed by atoms with Crippen molar-refractivity contribution in [1.82, 2.24) is 0 Å². The largest absolute Gasteiger partial charge is 0.106 e. The van der Waals surface area contributed by atoms with Crippen LogP contribution in [0.1, 0.15) is 0 Å². The van der Waals surface area contributed by atoms with Gasteiger partial charge in [0, 0.05) is 0 Å². The normalized spacial score (nSPS) is 10.4. The monoisotopic (exact) mass is 1160 g/mol. The van der Waals surface area contributed by atoms with Gasteiger partial charge in [0.25, 0.3) is 0 Å². The summed E-state index contributed by atoms with van der Waals surface area (Å²) in [6.07, 6.45) is 0. The molecular weight excluding hydrogens is 1090 g/mol. The molecule has 0 amide bonds. The Hall–Kier alpha value is -7.99. The van der Waals surface area contributed by atoms with Crippen molar-refractivity contribution in [3.8, 4) is 0 Å². The maximum Gasteiger partial charge on any atom is -0.0134 e. The maximum atomic E-state index is 2.63. The van der Waals surface area contributed by atoms with Crippen LogP contribution in [0.2, 0.25) is 0 Å². The molecule has 13 rings (SSSR count). The highest BCUT2D eigenvalue weighted by Crippen LogP contribution is 2.35. The summed E-state index contributed by atoms with van der Waals surface area (Å²) < 4.78 is 0. The van der Waals surface area contributed by atoms with E-state index in [0.29, 0.717) is 0 Å². The van der Waals surface area contributed by atoms with Crippen LogP contribution in [0.3, 0.4) is 0 Å². The molecule has 1 unspecified atom stereocenters. The van der Waals surface area contributed by atoms with Crippen LogP contribution in [0, 0.1) is 0 Å². The van der Waals surface area contributed by atoms with Gasteiger partial charge >= 0.3 is 0 Å². The van der Waals surface area contributed by atoms with Crippen molar-refractivity contribution >= 4 is 110 Å². The summed E-state index contributed by atoms with van der Waals surface area (Å²) in [5, 5.41) is 18.0. The first kappa shape index (κ1) is 59.6. The molecule has 0 fully saturated rings. The molecule has 83 heavy (non-hydrogen) atoms. The fourth-order valence-corrected chi connectivity index (χ4v) is 18.6. The van der Waals surface area contributed by atoms with Crippen molar-refractivity contribution in [3.05, 3.63) is 394 Å². The van der Waals surface area contributed by atoms with E-state index in [2.05, 4.69) is 373 Å². The quantitative estimate of drug-likeness (QED) is 0.107. The summed E-state index contributed by atoms with van der Waals surface area (Å²) in [5.74, 6) is 0. The SMILES string of the molecule is Pc1ccccc1.c1ccc(P(c2ccccc2)c2ccccc2)cc1.c1ccc(P(c2ccccc2)c2ccccc2)cc1.c1ccc(P(c2ccccc2)c2ccccc2)cc1.c1ccc(P(c2ccccc2)c2ccccc2)cc1. The lowest BCUT2D eigenvalue weighted by Crippen LogP contribution is -2.20. The molecule has 0 saturated heterocycles. The molecule has 0 N–H and O–H groups in total. The minimum Gasteiger partial charge on any atom is -0.106 e. The Morgan fingerprint density at radius 2 is 0.205 bits per heavy atom. The number of benzene rings is 13. The van der Waals surface area contributed by atoms with E-state index in [1.54, 1.807) is 0 Å². The first-order chi connectivity index (χ1) is 41.2. The average Bonchev–Trinajstić information content (AvgIpc) is 3.68. The van der Waals surface area contributed by atoms with Crippen LogP contribution in [0.15, 0.2) is 394 Å². The van der Waals surface area contributed by atoms with Gasteiger partial charge in [-0.15, -0.1) is 9.24 Å². The predicted octanol–water partition coefficient (Wildman–Crippen LogP) is 15.0. The van der Waals surface area contributed by atoms with E-state index >= 15 is 0 Å². The van der Waals surface area contributed by atoms with Crippen LogP contribution in [-0.4, -0.2) is 0 Å². The van der Waals surface area contributed by atoms with Crippen LogP contribution in [0.4, 0.5) is 0 Å². The second kappa shape index (κ2) is 33.8. The van der Waals surface area contributed by atoms with E-state index in [-0.39, 0.29) is 0 Å². The molecule has 0 saturated carbocycles. The van der Waals surface area contributed by atoms with Gasteiger partial charge in [0.1, 0.15) is 0 Å². The molecule has 5 heteroatoms. The Kier molecular flexibility index (Phi) is 24.3. The third-order valence-corrected chi connectivity index (χ3v) is 23.1. The van der Waals surface area contributed by atoms with Gasteiger partial charge < -0.3 is 0 Å². The lowest BCUT2D eigenvalue weighted by atomic mass is 10.4. The molecule has 0 spiro atoms. The summed E-state index contributed by atoms with van der Waals surface area (Å²) >= 11 is 0. The van der Waals surface area contributed by atoms with Crippen molar-refractivity contribution in [2.45, 2.75) is 0 Å². The highest BCUT2D eigenvalue weighted by molar-refractivity contribution is 7.81. The molecule has 0 radical (unpaired) electrons. The molecule has 404 valence electrons. The van der Waals surface area contributed by atoms with Crippen molar-refractivity contribution in [1.29, 1.82) is 0 Å². The molecule has 13 aromatic rings. The van der Waals surface area contributed by atoms with E-state index in [1.807, 2.05) is 30.3 Å². The van der Waals surface area contributed by atoms with Gasteiger partial charge in [-0.25, -0.2) is 0 Å². The zero-order valence-electron chi connectivity index (χ0n) is 46.4. The Morgan fingerprint density at radius 1 is 0.120 bits per heavy atom. The smallest absolute Gasteiger partial charge is 0.0134 e. The molecule has 0 aliphatic carbocycles. The standard InChI is InChI=1S/4C18H15P.C6H7P/c4*1-4-10-16(11-5-1)19(17-12-6-2-7-13-17)18-14-8-3-9-15-18;7-6-4-2-1-3-5-6/h4*1-15H;1-5H,7H2. The van der Waals surface area contributed by atoms with Gasteiger partial charge in [-0.1, -0.05) is 394 Å². The molecule has 13 aromatic carbocycles. The third-order valence-electron chi connectivity index (χ3n) is 13.0. The fourth-order valence-electron chi connectivity index (χ4n) is 9.17. The van der Waals surface area contributed by atoms with Crippen molar-refractivity contribution < 1.29 is 0 Å². The second-order valence-corrected chi connectivity index (χ2v) is 28.3. The maximum absolute atomic E-state index is 2.63. The van der Waals surface area contributed by atoms with E-state index < -0.39 is 31.7 Å². The Morgan fingerprint density at radius 3 is 0.277 bits per heavy atom. The molecule has 0 heterocycles. The van der Waals surface area contributed by atoms with Crippen LogP contribution < -0.4 is 69.0 Å². The van der Waals surface area contributed by atoms with Crippen molar-refractivity contribution in [3.63, 3.8) is 0 Å². The first-order valence-corrected chi connectivity index (χ1v) is 33.8. The first-order valence-electron chi connectivity index (χ1n) is 27.8. The predicted molar refractivity (Wildman–Crippen MR) is 376 cm³/mol. The highest BCUT2D eigenvalue weighted by Gasteiger charge is 2.18. The van der Waals surface area contributed by atoms with Gasteiger partial charge in [0.2, 0.25) is 0 Å². The van der Waals surface area contributed by atoms with Gasteiger partial charge in [0.15, 0.2) is 0 Å². The average molecular weight is 1160 g/mol. The van der Waals surface area contributed by atoms with Crippen LogP contribution in [0.5, 0.6) is 0 Å². The zero-order chi connectivity index (χ0) is 56.8. The molecule has 1 atom stereocenters. The van der Waals surface area contributed by atoms with Gasteiger partial charge in [-0.05, 0) is 101 Å².